The topological polar surface area (TPSA) is 15.6 Å². The molecule has 0 unspecified atom stereocenters. The molecule has 2 aromatic rings. The Kier molecular flexibility index (Phi) is 3.19. The lowest BCUT2D eigenvalue weighted by atomic mass is 10.00. The van der Waals surface area contributed by atoms with Crippen LogP contribution in [0.3, 0.4) is 0 Å². The van der Waals surface area contributed by atoms with Crippen molar-refractivity contribution in [2.75, 3.05) is 5.01 Å². The summed E-state index contributed by atoms with van der Waals surface area (Å²) in [6.45, 7) is 0. The molecule has 0 radical (unpaired) electrons. The molecule has 1 aliphatic carbocycles. The molecular formula is C18H17ClN2. The minimum Gasteiger partial charge on any atom is -0.258 e. The van der Waals surface area contributed by atoms with Crippen LogP contribution in [0.25, 0.3) is 0 Å². The van der Waals surface area contributed by atoms with E-state index in [-0.39, 0.29) is 0 Å². The third kappa shape index (κ3) is 2.56. The highest BCUT2D eigenvalue weighted by atomic mass is 35.5. The first kappa shape index (κ1) is 12.9. The van der Waals surface area contributed by atoms with Crippen molar-refractivity contribution in [2.45, 2.75) is 25.3 Å². The lowest BCUT2D eigenvalue weighted by Crippen LogP contribution is -2.18. The number of para-hydroxylation sites is 1. The van der Waals surface area contributed by atoms with Gasteiger partial charge in [0.05, 0.1) is 11.7 Å². The van der Waals surface area contributed by atoms with Gasteiger partial charge in [0.25, 0.3) is 0 Å². The predicted octanol–water partition coefficient (Wildman–Crippen LogP) is 5.06. The molecule has 0 saturated heterocycles. The zero-order valence-corrected chi connectivity index (χ0v) is 12.5. The molecule has 2 aliphatic rings. The van der Waals surface area contributed by atoms with Gasteiger partial charge in [-0.3, -0.25) is 5.01 Å². The minimum atomic E-state index is 0.292. The third-order valence-electron chi connectivity index (χ3n) is 4.26. The van der Waals surface area contributed by atoms with Gasteiger partial charge in [-0.25, -0.2) is 0 Å². The summed E-state index contributed by atoms with van der Waals surface area (Å²) in [4.78, 5) is 0. The van der Waals surface area contributed by atoms with Crippen molar-refractivity contribution in [3.05, 3.63) is 65.2 Å². The van der Waals surface area contributed by atoms with Crippen molar-refractivity contribution in [1.29, 1.82) is 0 Å². The summed E-state index contributed by atoms with van der Waals surface area (Å²) in [5.74, 6) is 0.716. The second-order valence-electron chi connectivity index (χ2n) is 5.82. The van der Waals surface area contributed by atoms with Crippen molar-refractivity contribution >= 4 is 23.0 Å². The predicted molar refractivity (Wildman–Crippen MR) is 87.9 cm³/mol. The lowest BCUT2D eigenvalue weighted by molar-refractivity contribution is 0.707. The Labute approximate surface area is 130 Å². The summed E-state index contributed by atoms with van der Waals surface area (Å²) in [5.41, 5.74) is 3.80. The first-order valence-electron chi connectivity index (χ1n) is 7.48. The molecule has 3 heteroatoms. The van der Waals surface area contributed by atoms with Crippen LogP contribution in [-0.2, 0) is 0 Å². The van der Waals surface area contributed by atoms with Crippen molar-refractivity contribution < 1.29 is 0 Å². The summed E-state index contributed by atoms with van der Waals surface area (Å²) >= 11 is 6.02. The molecule has 0 bridgehead atoms. The number of hydrogen-bond acceptors (Lipinski definition) is 2. The fraction of sp³-hybridized carbons (Fsp3) is 0.278. The number of hydrazone groups is 1. The quantitative estimate of drug-likeness (QED) is 0.773. The summed E-state index contributed by atoms with van der Waals surface area (Å²) in [5, 5.41) is 7.88. The lowest BCUT2D eigenvalue weighted by Gasteiger charge is -2.24. The maximum atomic E-state index is 6.02. The number of anilines is 1. The fourth-order valence-electron chi connectivity index (χ4n) is 2.96. The van der Waals surface area contributed by atoms with E-state index in [9.17, 15) is 0 Å². The van der Waals surface area contributed by atoms with Crippen LogP contribution in [0.4, 0.5) is 5.69 Å². The molecule has 1 saturated carbocycles. The molecule has 1 aliphatic heterocycles. The molecule has 4 rings (SSSR count). The standard InChI is InChI=1S/C18H17ClN2/c19-15-10-8-14(9-11-15)18-12-17(13-6-7-13)20-21(18)16-4-2-1-3-5-16/h1-5,8-11,13,18H,6-7,12H2/t18-/m1/s1. The average Bonchev–Trinajstić information content (AvgIpc) is 3.28. The highest BCUT2D eigenvalue weighted by Crippen LogP contribution is 2.42. The van der Waals surface area contributed by atoms with Crippen LogP contribution in [-0.4, -0.2) is 5.71 Å². The van der Waals surface area contributed by atoms with Gasteiger partial charge in [0.2, 0.25) is 0 Å². The molecular weight excluding hydrogens is 280 g/mol. The SMILES string of the molecule is Clc1ccc([C@H]2CC(C3CC3)=NN2c2ccccc2)cc1. The summed E-state index contributed by atoms with van der Waals surface area (Å²) in [7, 11) is 0. The average molecular weight is 297 g/mol. The molecule has 106 valence electrons. The second kappa shape index (κ2) is 5.19. The van der Waals surface area contributed by atoms with Gasteiger partial charge in [-0.15, -0.1) is 0 Å². The van der Waals surface area contributed by atoms with Gasteiger partial charge < -0.3 is 0 Å². The van der Waals surface area contributed by atoms with Crippen LogP contribution in [0.2, 0.25) is 5.02 Å². The second-order valence-corrected chi connectivity index (χ2v) is 6.25. The van der Waals surface area contributed by atoms with Crippen LogP contribution < -0.4 is 5.01 Å². The van der Waals surface area contributed by atoms with Crippen LogP contribution in [0.1, 0.15) is 30.9 Å². The summed E-state index contributed by atoms with van der Waals surface area (Å²) in [6.07, 6.45) is 3.63. The molecule has 2 aromatic carbocycles. The first-order valence-corrected chi connectivity index (χ1v) is 7.86. The number of nitrogens with zero attached hydrogens (tertiary/aromatic N) is 2. The van der Waals surface area contributed by atoms with E-state index in [1.54, 1.807) is 0 Å². The number of benzene rings is 2. The van der Waals surface area contributed by atoms with Gasteiger partial charge in [-0.05, 0) is 48.6 Å². The van der Waals surface area contributed by atoms with Crippen molar-refractivity contribution in [1.82, 2.24) is 0 Å². The van der Waals surface area contributed by atoms with Crippen molar-refractivity contribution in [3.8, 4) is 0 Å². The fourth-order valence-corrected chi connectivity index (χ4v) is 3.09. The Morgan fingerprint density at radius 1 is 0.952 bits per heavy atom. The number of rotatable bonds is 3. The van der Waals surface area contributed by atoms with E-state index in [0.717, 1.165) is 17.1 Å². The molecule has 21 heavy (non-hydrogen) atoms. The van der Waals surface area contributed by atoms with E-state index in [0.29, 0.717) is 12.0 Å². The van der Waals surface area contributed by atoms with Gasteiger partial charge in [-0.2, -0.15) is 5.10 Å². The van der Waals surface area contributed by atoms with E-state index in [2.05, 4.69) is 41.4 Å². The highest BCUT2D eigenvalue weighted by Gasteiger charge is 2.36. The zero-order valence-electron chi connectivity index (χ0n) is 11.7. The van der Waals surface area contributed by atoms with E-state index >= 15 is 0 Å². The van der Waals surface area contributed by atoms with Crippen LogP contribution in [0.5, 0.6) is 0 Å². The van der Waals surface area contributed by atoms with Crippen molar-refractivity contribution in [2.24, 2.45) is 11.0 Å². The van der Waals surface area contributed by atoms with Gasteiger partial charge in [0, 0.05) is 17.2 Å². The first-order chi connectivity index (χ1) is 10.3. The molecule has 2 nitrogen and oxygen atoms in total. The normalized spacial score (nSPS) is 21.5. The van der Waals surface area contributed by atoms with Crippen LogP contribution in [0.15, 0.2) is 59.7 Å². The Morgan fingerprint density at radius 3 is 2.33 bits per heavy atom. The minimum absolute atomic E-state index is 0.292. The summed E-state index contributed by atoms with van der Waals surface area (Å²) < 4.78 is 0. The Morgan fingerprint density at radius 2 is 1.67 bits per heavy atom. The Bertz CT molecular complexity index is 659. The smallest absolute Gasteiger partial charge is 0.0828 e. The van der Waals surface area contributed by atoms with Crippen LogP contribution >= 0.6 is 11.6 Å². The Hall–Kier alpha value is -1.80. The van der Waals surface area contributed by atoms with Gasteiger partial charge in [-0.1, -0.05) is 41.9 Å². The third-order valence-corrected chi connectivity index (χ3v) is 4.51. The molecule has 0 N–H and O–H groups in total. The molecule has 1 atom stereocenters. The zero-order chi connectivity index (χ0) is 14.2. The van der Waals surface area contributed by atoms with Gasteiger partial charge in [0.1, 0.15) is 0 Å². The van der Waals surface area contributed by atoms with Gasteiger partial charge in [0.15, 0.2) is 0 Å². The van der Waals surface area contributed by atoms with Crippen LogP contribution in [0, 0.1) is 5.92 Å². The van der Waals surface area contributed by atoms with E-state index in [4.69, 9.17) is 16.7 Å². The molecule has 1 fully saturated rings. The summed E-state index contributed by atoms with van der Waals surface area (Å²) in [6, 6.07) is 18.9. The highest BCUT2D eigenvalue weighted by molar-refractivity contribution is 6.30. The number of halogens is 1. The maximum absolute atomic E-state index is 6.02. The van der Waals surface area contributed by atoms with E-state index < -0.39 is 0 Å². The van der Waals surface area contributed by atoms with E-state index in [1.807, 2.05) is 18.2 Å². The van der Waals surface area contributed by atoms with Crippen molar-refractivity contribution in [3.63, 3.8) is 0 Å². The molecule has 1 heterocycles. The monoisotopic (exact) mass is 296 g/mol. The van der Waals surface area contributed by atoms with E-state index in [1.165, 1.54) is 24.1 Å². The van der Waals surface area contributed by atoms with Gasteiger partial charge >= 0.3 is 0 Å². The molecule has 0 aromatic heterocycles. The largest absolute Gasteiger partial charge is 0.258 e. The Balaban J connectivity index is 1.70. The maximum Gasteiger partial charge on any atom is 0.0828 e. The molecule has 0 spiro atoms. The number of hydrogen-bond donors (Lipinski definition) is 0. The molecule has 0 amide bonds.